The molecule has 2 amide bonds. The third kappa shape index (κ3) is 4.85. The Labute approximate surface area is 159 Å². The topological polar surface area (TPSA) is 84.5 Å². The molecule has 2 aromatic carbocycles. The zero-order chi connectivity index (χ0) is 19.4. The van der Waals surface area contributed by atoms with Crippen molar-refractivity contribution in [2.75, 3.05) is 17.2 Å². The van der Waals surface area contributed by atoms with E-state index in [9.17, 15) is 18.8 Å². The van der Waals surface area contributed by atoms with Crippen LogP contribution in [0.15, 0.2) is 47.4 Å². The van der Waals surface area contributed by atoms with Crippen molar-refractivity contribution in [3.63, 3.8) is 0 Å². The number of rotatable bonds is 5. The Morgan fingerprint density at radius 2 is 2.04 bits per heavy atom. The number of halogens is 1. The fourth-order valence-electron chi connectivity index (χ4n) is 2.49. The molecule has 1 heterocycles. The SMILES string of the molecule is Cc1ccc(NC(=O)COC(=O)C[C@@H]2Sc3ccccc3NC2=O)c(F)c1. The van der Waals surface area contributed by atoms with Crippen molar-refractivity contribution < 1.29 is 23.5 Å². The highest BCUT2D eigenvalue weighted by Crippen LogP contribution is 2.36. The van der Waals surface area contributed by atoms with Crippen molar-refractivity contribution in [3.8, 4) is 0 Å². The maximum atomic E-state index is 13.7. The maximum absolute atomic E-state index is 13.7. The van der Waals surface area contributed by atoms with Crippen molar-refractivity contribution in [3.05, 3.63) is 53.8 Å². The second-order valence-electron chi connectivity index (χ2n) is 5.99. The van der Waals surface area contributed by atoms with Crippen molar-refractivity contribution in [2.45, 2.75) is 23.5 Å². The predicted molar refractivity (Wildman–Crippen MR) is 100 cm³/mol. The van der Waals surface area contributed by atoms with Crippen molar-refractivity contribution in [2.24, 2.45) is 0 Å². The normalized spacial score (nSPS) is 15.5. The number of fused-ring (bicyclic) bond motifs is 1. The van der Waals surface area contributed by atoms with Crippen LogP contribution in [0.3, 0.4) is 0 Å². The molecule has 0 fully saturated rings. The van der Waals surface area contributed by atoms with Gasteiger partial charge < -0.3 is 15.4 Å². The zero-order valence-electron chi connectivity index (χ0n) is 14.5. The van der Waals surface area contributed by atoms with Crippen molar-refractivity contribution >= 4 is 40.9 Å². The average Bonchev–Trinajstić information content (AvgIpc) is 2.63. The highest BCUT2D eigenvalue weighted by molar-refractivity contribution is 8.01. The van der Waals surface area contributed by atoms with Gasteiger partial charge in [-0.1, -0.05) is 18.2 Å². The van der Waals surface area contributed by atoms with Crippen LogP contribution in [0.25, 0.3) is 0 Å². The Hall–Kier alpha value is -2.87. The number of thioether (sulfide) groups is 1. The van der Waals surface area contributed by atoms with Crippen LogP contribution in [0.1, 0.15) is 12.0 Å². The number of benzene rings is 2. The Morgan fingerprint density at radius 3 is 2.81 bits per heavy atom. The molecule has 1 aliphatic rings. The van der Waals surface area contributed by atoms with Crippen LogP contribution in [0.4, 0.5) is 15.8 Å². The quantitative estimate of drug-likeness (QED) is 0.769. The summed E-state index contributed by atoms with van der Waals surface area (Å²) in [5.74, 6) is -2.19. The summed E-state index contributed by atoms with van der Waals surface area (Å²) in [6.07, 6.45) is -0.170. The summed E-state index contributed by atoms with van der Waals surface area (Å²) in [5, 5.41) is 4.44. The lowest BCUT2D eigenvalue weighted by molar-refractivity contribution is -0.147. The van der Waals surface area contributed by atoms with E-state index in [4.69, 9.17) is 4.74 Å². The summed E-state index contributed by atoms with van der Waals surface area (Å²) in [4.78, 5) is 36.7. The molecule has 3 rings (SSSR count). The summed E-state index contributed by atoms with van der Waals surface area (Å²) in [5.41, 5.74) is 1.44. The van der Waals surface area contributed by atoms with Gasteiger partial charge in [0.05, 0.1) is 23.0 Å². The fraction of sp³-hybridized carbons (Fsp3) is 0.211. The van der Waals surface area contributed by atoms with E-state index in [0.29, 0.717) is 5.69 Å². The van der Waals surface area contributed by atoms with E-state index in [2.05, 4.69) is 10.6 Å². The van der Waals surface area contributed by atoms with E-state index in [1.165, 1.54) is 23.9 Å². The lowest BCUT2D eigenvalue weighted by Gasteiger charge is -2.23. The third-order valence-electron chi connectivity index (χ3n) is 3.82. The standard InChI is InChI=1S/C19H17FN2O4S/c1-11-6-7-13(12(20)8-11)21-17(23)10-26-18(24)9-16-19(25)22-14-4-2-3-5-15(14)27-16/h2-8,16H,9-10H2,1H3,(H,21,23)(H,22,25)/t16-/m0/s1. The second-order valence-corrected chi connectivity index (χ2v) is 7.23. The van der Waals surface area contributed by atoms with Gasteiger partial charge in [0.25, 0.3) is 5.91 Å². The molecule has 6 nitrogen and oxygen atoms in total. The van der Waals surface area contributed by atoms with E-state index >= 15 is 0 Å². The van der Waals surface area contributed by atoms with Gasteiger partial charge in [-0.25, -0.2) is 4.39 Å². The van der Waals surface area contributed by atoms with Crippen LogP contribution in [0, 0.1) is 12.7 Å². The van der Waals surface area contributed by atoms with Crippen LogP contribution < -0.4 is 10.6 Å². The summed E-state index contributed by atoms with van der Waals surface area (Å²) in [6.45, 7) is 1.18. The number of anilines is 2. The number of carbonyl (C=O) groups excluding carboxylic acids is 3. The minimum absolute atomic E-state index is 0.0143. The number of carbonyl (C=O) groups is 3. The summed E-state index contributed by atoms with van der Waals surface area (Å²) in [6, 6.07) is 11.7. The molecule has 1 atom stereocenters. The van der Waals surface area contributed by atoms with Crippen LogP contribution in [0.2, 0.25) is 0 Å². The molecule has 140 valence electrons. The Morgan fingerprint density at radius 1 is 1.26 bits per heavy atom. The van der Waals surface area contributed by atoms with Crippen LogP contribution in [0.5, 0.6) is 0 Å². The van der Waals surface area contributed by atoms with E-state index in [-0.39, 0.29) is 18.0 Å². The molecule has 0 bridgehead atoms. The number of ether oxygens (including phenoxy) is 1. The van der Waals surface area contributed by atoms with E-state index in [0.717, 1.165) is 10.5 Å². The van der Waals surface area contributed by atoms with Crippen LogP contribution >= 0.6 is 11.8 Å². The molecule has 1 aliphatic heterocycles. The molecule has 0 saturated heterocycles. The molecule has 0 aromatic heterocycles. The average molecular weight is 388 g/mol. The smallest absolute Gasteiger partial charge is 0.307 e. The molecule has 0 spiro atoms. The van der Waals surface area contributed by atoms with Gasteiger partial charge >= 0.3 is 5.97 Å². The third-order valence-corrected chi connectivity index (χ3v) is 5.10. The first-order chi connectivity index (χ1) is 12.9. The zero-order valence-corrected chi connectivity index (χ0v) is 15.3. The van der Waals surface area contributed by atoms with Crippen LogP contribution in [-0.2, 0) is 19.1 Å². The number of hydrogen-bond acceptors (Lipinski definition) is 5. The van der Waals surface area contributed by atoms with Crippen molar-refractivity contribution in [1.29, 1.82) is 0 Å². The minimum atomic E-state index is -0.679. The minimum Gasteiger partial charge on any atom is -0.456 e. The lowest BCUT2D eigenvalue weighted by atomic mass is 10.2. The monoisotopic (exact) mass is 388 g/mol. The number of nitrogens with one attached hydrogen (secondary N) is 2. The number of aryl methyl sites for hydroxylation is 1. The molecule has 0 unspecified atom stereocenters. The number of amides is 2. The summed E-state index contributed by atoms with van der Waals surface area (Å²) in [7, 11) is 0. The van der Waals surface area contributed by atoms with Gasteiger partial charge in [0.1, 0.15) is 5.82 Å². The van der Waals surface area contributed by atoms with E-state index < -0.39 is 29.6 Å². The Balaban J connectivity index is 1.49. The highest BCUT2D eigenvalue weighted by atomic mass is 32.2. The van der Waals surface area contributed by atoms with Gasteiger partial charge in [-0.3, -0.25) is 14.4 Å². The first-order valence-corrected chi connectivity index (χ1v) is 9.08. The lowest BCUT2D eigenvalue weighted by Crippen LogP contribution is -2.32. The molecular formula is C19H17FN2O4S. The Bertz CT molecular complexity index is 903. The van der Waals surface area contributed by atoms with Gasteiger partial charge in [-0.05, 0) is 36.8 Å². The second kappa shape index (κ2) is 8.22. The van der Waals surface area contributed by atoms with Gasteiger partial charge in [-0.15, -0.1) is 11.8 Å². The molecule has 8 heteroatoms. The maximum Gasteiger partial charge on any atom is 0.307 e. The molecule has 0 aliphatic carbocycles. The summed E-state index contributed by atoms with van der Waals surface area (Å²) >= 11 is 1.27. The van der Waals surface area contributed by atoms with Gasteiger partial charge in [0.2, 0.25) is 5.91 Å². The predicted octanol–water partition coefficient (Wildman–Crippen LogP) is 3.12. The molecule has 0 saturated carbocycles. The first kappa shape index (κ1) is 18.9. The van der Waals surface area contributed by atoms with Gasteiger partial charge in [-0.2, -0.15) is 0 Å². The largest absolute Gasteiger partial charge is 0.456 e. The first-order valence-electron chi connectivity index (χ1n) is 8.20. The number of esters is 1. The van der Waals surface area contributed by atoms with E-state index in [1.807, 2.05) is 18.2 Å². The molecule has 2 aromatic rings. The molecule has 2 N–H and O–H groups in total. The van der Waals surface area contributed by atoms with Crippen molar-refractivity contribution in [1.82, 2.24) is 0 Å². The number of hydrogen-bond donors (Lipinski definition) is 2. The van der Waals surface area contributed by atoms with Gasteiger partial charge in [0.15, 0.2) is 6.61 Å². The van der Waals surface area contributed by atoms with Gasteiger partial charge in [0, 0.05) is 4.90 Å². The summed E-state index contributed by atoms with van der Waals surface area (Å²) < 4.78 is 18.6. The molecule has 27 heavy (non-hydrogen) atoms. The fourth-order valence-corrected chi connectivity index (χ4v) is 3.59. The Kier molecular flexibility index (Phi) is 5.75. The molecule has 0 radical (unpaired) electrons. The molecular weight excluding hydrogens is 371 g/mol. The van der Waals surface area contributed by atoms with E-state index in [1.54, 1.807) is 19.1 Å². The van der Waals surface area contributed by atoms with Crippen LogP contribution in [-0.4, -0.2) is 29.6 Å². The number of para-hydroxylation sites is 1. The highest BCUT2D eigenvalue weighted by Gasteiger charge is 2.29.